The molecule has 2 aromatic carbocycles. The Hall–Kier alpha value is -1.56. The van der Waals surface area contributed by atoms with Crippen molar-refractivity contribution < 1.29 is 14.6 Å². The van der Waals surface area contributed by atoms with Crippen molar-refractivity contribution in [3.8, 4) is 11.5 Å². The summed E-state index contributed by atoms with van der Waals surface area (Å²) in [4.78, 5) is 2.39. The zero-order valence-electron chi connectivity index (χ0n) is 19.1. The zero-order valence-corrected chi connectivity index (χ0v) is 20.7. The first-order valence-electron chi connectivity index (χ1n) is 11.3. The van der Waals surface area contributed by atoms with E-state index in [9.17, 15) is 5.11 Å². The van der Waals surface area contributed by atoms with Crippen LogP contribution >= 0.6 is 15.9 Å². The van der Waals surface area contributed by atoms with Crippen LogP contribution in [0, 0.1) is 0 Å². The number of nitrogens with zero attached hydrogens (tertiary/aromatic N) is 1. The van der Waals surface area contributed by atoms with Gasteiger partial charge in [-0.25, -0.2) is 0 Å². The SMILES string of the molecule is COc1cc2c(cc1OC)CCC(O)(CCCN(C)CCCc1ccc(Br)cc1)CC2. The Labute approximate surface area is 195 Å². The van der Waals surface area contributed by atoms with Crippen LogP contribution in [0.15, 0.2) is 40.9 Å². The van der Waals surface area contributed by atoms with E-state index < -0.39 is 5.60 Å². The van der Waals surface area contributed by atoms with Gasteiger partial charge in [0.05, 0.1) is 19.8 Å². The molecule has 0 unspecified atom stereocenters. The van der Waals surface area contributed by atoms with Crippen molar-refractivity contribution in [2.45, 2.75) is 57.0 Å². The minimum absolute atomic E-state index is 0.586. The highest BCUT2D eigenvalue weighted by Gasteiger charge is 2.30. The number of aryl methyl sites for hydroxylation is 3. The van der Waals surface area contributed by atoms with Gasteiger partial charge in [-0.1, -0.05) is 28.1 Å². The van der Waals surface area contributed by atoms with Gasteiger partial charge in [0.2, 0.25) is 0 Å². The molecule has 0 spiro atoms. The molecule has 3 rings (SSSR count). The second kappa shape index (κ2) is 11.3. The van der Waals surface area contributed by atoms with Crippen LogP contribution in [0.25, 0.3) is 0 Å². The van der Waals surface area contributed by atoms with E-state index in [1.165, 1.54) is 16.7 Å². The van der Waals surface area contributed by atoms with Crippen molar-refractivity contribution in [2.75, 3.05) is 34.4 Å². The molecule has 2 aromatic rings. The third-order valence-electron chi connectivity index (χ3n) is 6.53. The lowest BCUT2D eigenvalue weighted by atomic mass is 9.89. The molecule has 0 heterocycles. The summed E-state index contributed by atoms with van der Waals surface area (Å²) in [6.45, 7) is 2.11. The third-order valence-corrected chi connectivity index (χ3v) is 7.05. The van der Waals surface area contributed by atoms with Gasteiger partial charge in [-0.3, -0.25) is 0 Å². The van der Waals surface area contributed by atoms with Gasteiger partial charge in [0.25, 0.3) is 0 Å². The number of halogens is 1. The molecule has 0 atom stereocenters. The third kappa shape index (κ3) is 6.96. The summed E-state index contributed by atoms with van der Waals surface area (Å²) >= 11 is 3.49. The Morgan fingerprint density at radius 3 is 2.03 bits per heavy atom. The monoisotopic (exact) mass is 489 g/mol. The topological polar surface area (TPSA) is 41.9 Å². The number of rotatable bonds is 10. The van der Waals surface area contributed by atoms with Crippen LogP contribution in [0.5, 0.6) is 11.5 Å². The second-order valence-corrected chi connectivity index (χ2v) is 9.75. The van der Waals surface area contributed by atoms with Crippen molar-refractivity contribution in [1.82, 2.24) is 4.90 Å². The Balaban J connectivity index is 1.43. The Morgan fingerprint density at radius 2 is 1.48 bits per heavy atom. The lowest BCUT2D eigenvalue weighted by Gasteiger charge is -2.27. The fourth-order valence-electron chi connectivity index (χ4n) is 4.53. The molecule has 1 aliphatic rings. The number of ether oxygens (including phenoxy) is 2. The van der Waals surface area contributed by atoms with Crippen molar-refractivity contribution in [1.29, 1.82) is 0 Å². The molecular weight excluding hydrogens is 454 g/mol. The van der Waals surface area contributed by atoms with E-state index in [4.69, 9.17) is 9.47 Å². The van der Waals surface area contributed by atoms with Crippen molar-refractivity contribution in [2.24, 2.45) is 0 Å². The molecule has 0 aliphatic heterocycles. The lowest BCUT2D eigenvalue weighted by Crippen LogP contribution is -2.31. The number of methoxy groups -OCH3 is 2. The summed E-state index contributed by atoms with van der Waals surface area (Å²) in [7, 11) is 5.53. The van der Waals surface area contributed by atoms with E-state index in [1.807, 2.05) is 0 Å². The van der Waals surface area contributed by atoms with Crippen molar-refractivity contribution in [3.05, 3.63) is 57.6 Å². The number of benzene rings is 2. The lowest BCUT2D eigenvalue weighted by molar-refractivity contribution is 0.0135. The highest BCUT2D eigenvalue weighted by atomic mass is 79.9. The number of fused-ring (bicyclic) bond motifs is 1. The van der Waals surface area contributed by atoms with Gasteiger partial charge in [0.15, 0.2) is 11.5 Å². The highest BCUT2D eigenvalue weighted by molar-refractivity contribution is 9.10. The van der Waals surface area contributed by atoms with Gasteiger partial charge >= 0.3 is 0 Å². The molecule has 1 aliphatic carbocycles. The van der Waals surface area contributed by atoms with E-state index in [0.29, 0.717) is 0 Å². The molecule has 0 amide bonds. The molecule has 5 heteroatoms. The van der Waals surface area contributed by atoms with Gasteiger partial charge in [-0.2, -0.15) is 0 Å². The summed E-state index contributed by atoms with van der Waals surface area (Å²) < 4.78 is 12.0. The first-order valence-corrected chi connectivity index (χ1v) is 12.1. The first kappa shape index (κ1) is 24.1. The average Bonchev–Trinajstić information content (AvgIpc) is 2.93. The van der Waals surface area contributed by atoms with Gasteiger partial charge in [-0.15, -0.1) is 0 Å². The maximum Gasteiger partial charge on any atom is 0.161 e. The van der Waals surface area contributed by atoms with Crippen LogP contribution in [0.4, 0.5) is 0 Å². The quantitative estimate of drug-likeness (QED) is 0.452. The predicted octanol–water partition coefficient (Wildman–Crippen LogP) is 5.42. The molecule has 0 saturated heterocycles. The van der Waals surface area contributed by atoms with E-state index in [1.54, 1.807) is 14.2 Å². The maximum atomic E-state index is 11.3. The van der Waals surface area contributed by atoms with Crippen LogP contribution < -0.4 is 9.47 Å². The molecule has 0 saturated carbocycles. The first-order chi connectivity index (χ1) is 14.9. The normalized spacial score (nSPS) is 15.4. The molecule has 0 bridgehead atoms. The molecule has 0 aromatic heterocycles. The molecule has 0 fully saturated rings. The standard InChI is InChI=1S/C26H36BrNO3/c1-28(16-4-6-20-7-9-23(27)10-8-20)17-5-13-26(29)14-11-21-18-24(30-2)25(31-3)19-22(21)12-15-26/h7-10,18-19,29H,4-6,11-17H2,1-3H3. The largest absolute Gasteiger partial charge is 0.493 e. The van der Waals surface area contributed by atoms with Crippen LogP contribution in [-0.4, -0.2) is 50.0 Å². The summed E-state index contributed by atoms with van der Waals surface area (Å²) in [5.41, 5.74) is 3.35. The maximum absolute atomic E-state index is 11.3. The molecule has 4 nitrogen and oxygen atoms in total. The predicted molar refractivity (Wildman–Crippen MR) is 130 cm³/mol. The van der Waals surface area contributed by atoms with Gasteiger partial charge in [0, 0.05) is 4.47 Å². The van der Waals surface area contributed by atoms with Crippen LogP contribution in [-0.2, 0) is 19.3 Å². The summed E-state index contributed by atoms with van der Waals surface area (Å²) in [5, 5.41) is 11.3. The Kier molecular flexibility index (Phi) is 8.82. The van der Waals surface area contributed by atoms with Gasteiger partial charge < -0.3 is 19.5 Å². The fraction of sp³-hybridized carbons (Fsp3) is 0.538. The van der Waals surface area contributed by atoms with E-state index >= 15 is 0 Å². The Morgan fingerprint density at radius 1 is 0.935 bits per heavy atom. The molecule has 170 valence electrons. The summed E-state index contributed by atoms with van der Waals surface area (Å²) in [6.07, 6.45) is 7.52. The molecule has 31 heavy (non-hydrogen) atoms. The van der Waals surface area contributed by atoms with Crippen molar-refractivity contribution in [3.63, 3.8) is 0 Å². The van der Waals surface area contributed by atoms with Gasteiger partial charge in [0.1, 0.15) is 0 Å². The summed E-state index contributed by atoms with van der Waals surface area (Å²) in [6, 6.07) is 12.8. The Bertz CT molecular complexity index is 802. The smallest absolute Gasteiger partial charge is 0.161 e. The van der Waals surface area contributed by atoms with E-state index in [-0.39, 0.29) is 0 Å². The van der Waals surface area contributed by atoms with Crippen LogP contribution in [0.3, 0.4) is 0 Å². The van der Waals surface area contributed by atoms with Crippen LogP contribution in [0.1, 0.15) is 48.8 Å². The number of hydrogen-bond donors (Lipinski definition) is 1. The minimum atomic E-state index is -0.586. The van der Waals surface area contributed by atoms with E-state index in [0.717, 1.165) is 80.4 Å². The van der Waals surface area contributed by atoms with Crippen molar-refractivity contribution >= 4 is 15.9 Å². The molecule has 0 radical (unpaired) electrons. The second-order valence-electron chi connectivity index (χ2n) is 8.84. The molecule has 1 N–H and O–H groups in total. The fourth-order valence-corrected chi connectivity index (χ4v) is 4.80. The summed E-state index contributed by atoms with van der Waals surface area (Å²) in [5.74, 6) is 1.55. The van der Waals surface area contributed by atoms with Gasteiger partial charge in [-0.05, 0) is 112 Å². The van der Waals surface area contributed by atoms with Crippen LogP contribution in [0.2, 0.25) is 0 Å². The molecular formula is C26H36BrNO3. The minimum Gasteiger partial charge on any atom is -0.493 e. The number of hydrogen-bond acceptors (Lipinski definition) is 4. The average molecular weight is 490 g/mol. The zero-order chi connectivity index (χ0) is 22.3. The number of aliphatic hydroxyl groups is 1. The highest BCUT2D eigenvalue weighted by Crippen LogP contribution is 2.37. The van der Waals surface area contributed by atoms with E-state index in [2.05, 4.69) is 64.3 Å².